The predicted octanol–water partition coefficient (Wildman–Crippen LogP) is -3.11. The van der Waals surface area contributed by atoms with Crippen LogP contribution in [-0.4, -0.2) is 44.3 Å². The largest absolute Gasteiger partial charge is 1.00 e. The molecule has 11 heteroatoms. The van der Waals surface area contributed by atoms with E-state index in [0.29, 0.717) is 12.0 Å². The zero-order valence-electron chi connectivity index (χ0n) is 10.8. The zero-order valence-corrected chi connectivity index (χ0v) is 13.7. The molecule has 20 heavy (non-hydrogen) atoms. The molecule has 0 bridgehead atoms. The van der Waals surface area contributed by atoms with Crippen LogP contribution >= 0.6 is 12.0 Å². The van der Waals surface area contributed by atoms with Gasteiger partial charge in [-0.3, -0.25) is 14.6 Å². The van der Waals surface area contributed by atoms with Crippen molar-refractivity contribution in [3.63, 3.8) is 0 Å². The normalized spacial score (nSPS) is 11.3. The molecule has 0 amide bonds. The summed E-state index contributed by atoms with van der Waals surface area (Å²) in [4.78, 5) is 22.7. The van der Waals surface area contributed by atoms with Crippen LogP contribution in [0, 0.1) is 5.92 Å². The SMILES string of the molecule is O=C(CC(CSOO[O-])C(=O)OCCF)OCCF.[Na+]. The molecule has 1 unspecified atom stereocenters. The first-order valence-electron chi connectivity index (χ1n) is 5.18. The molecular weight excluding hydrogens is 313 g/mol. The summed E-state index contributed by atoms with van der Waals surface area (Å²) in [7, 11) is 0. The fourth-order valence-electron chi connectivity index (χ4n) is 1.01. The van der Waals surface area contributed by atoms with E-state index in [0.717, 1.165) is 0 Å². The fraction of sp³-hybridized carbons (Fsp3) is 0.778. The van der Waals surface area contributed by atoms with Gasteiger partial charge in [0, 0.05) is 17.8 Å². The van der Waals surface area contributed by atoms with Crippen molar-refractivity contribution >= 4 is 24.0 Å². The molecule has 0 aliphatic heterocycles. The number of alkyl halides is 2. The molecule has 0 rings (SSSR count). The fourth-order valence-corrected chi connectivity index (χ4v) is 1.52. The summed E-state index contributed by atoms with van der Waals surface area (Å²) in [5.74, 6) is -2.82. The van der Waals surface area contributed by atoms with E-state index < -0.39 is 50.8 Å². The molecule has 0 radical (unpaired) electrons. The Morgan fingerprint density at radius 3 is 2.30 bits per heavy atom. The Morgan fingerprint density at radius 2 is 1.75 bits per heavy atom. The van der Waals surface area contributed by atoms with Gasteiger partial charge < -0.3 is 14.7 Å². The van der Waals surface area contributed by atoms with Crippen LogP contribution in [0.15, 0.2) is 0 Å². The van der Waals surface area contributed by atoms with Gasteiger partial charge in [0.25, 0.3) is 0 Å². The van der Waals surface area contributed by atoms with Crippen molar-refractivity contribution in [1.82, 2.24) is 0 Å². The number of hydrogen-bond acceptors (Lipinski definition) is 8. The molecule has 0 spiro atoms. The third-order valence-corrected chi connectivity index (χ3v) is 2.44. The molecule has 1 atom stereocenters. The van der Waals surface area contributed by atoms with Gasteiger partial charge >= 0.3 is 41.5 Å². The Labute approximate surface area is 140 Å². The summed E-state index contributed by atoms with van der Waals surface area (Å²) >= 11 is 0.478. The van der Waals surface area contributed by atoms with Crippen molar-refractivity contribution in [2.24, 2.45) is 5.92 Å². The number of carbonyl (C=O) groups excluding carboxylic acids is 2. The number of hydrogen-bond donors (Lipinski definition) is 0. The molecule has 0 aromatic rings. The second-order valence-corrected chi connectivity index (χ2v) is 3.79. The topological polar surface area (TPSA) is 94.1 Å². The van der Waals surface area contributed by atoms with Crippen LogP contribution in [0.2, 0.25) is 0 Å². The minimum absolute atomic E-state index is 0. The average Bonchev–Trinajstić information content (AvgIpc) is 2.41. The van der Waals surface area contributed by atoms with E-state index in [9.17, 15) is 23.6 Å². The van der Waals surface area contributed by atoms with Gasteiger partial charge in [-0.15, -0.1) is 0 Å². The van der Waals surface area contributed by atoms with E-state index in [1.54, 1.807) is 0 Å². The van der Waals surface area contributed by atoms with E-state index >= 15 is 0 Å². The van der Waals surface area contributed by atoms with Crippen LogP contribution in [-0.2, 0) is 28.4 Å². The van der Waals surface area contributed by atoms with Crippen LogP contribution in [0.25, 0.3) is 0 Å². The molecule has 0 fully saturated rings. The summed E-state index contributed by atoms with van der Waals surface area (Å²) in [6.45, 7) is -2.57. The first-order valence-corrected chi connectivity index (χ1v) is 6.09. The van der Waals surface area contributed by atoms with Gasteiger partial charge in [-0.1, -0.05) is 0 Å². The van der Waals surface area contributed by atoms with Gasteiger partial charge in [-0.2, -0.15) is 4.33 Å². The van der Waals surface area contributed by atoms with Gasteiger partial charge in [0.05, 0.1) is 12.3 Å². The van der Waals surface area contributed by atoms with Crippen molar-refractivity contribution in [2.75, 3.05) is 32.3 Å². The standard InChI is InChI=1S/C9H14F2O7S.Na/c10-1-3-15-8(12)5-7(6-19-18-17-14)9(13)16-4-2-11;/h7,14H,1-6H2;/q;+1/p-1. The number of halogens is 2. The summed E-state index contributed by atoms with van der Waals surface area (Å²) in [6.07, 6.45) is -0.402. The summed E-state index contributed by atoms with van der Waals surface area (Å²) in [5, 5.41) is 12.6. The van der Waals surface area contributed by atoms with E-state index in [2.05, 4.69) is 18.8 Å². The Morgan fingerprint density at radius 1 is 1.15 bits per heavy atom. The van der Waals surface area contributed by atoms with E-state index in [1.807, 2.05) is 0 Å². The average molecular weight is 326 g/mol. The van der Waals surface area contributed by atoms with Gasteiger partial charge in [0.2, 0.25) is 0 Å². The minimum atomic E-state index is -1.01. The number of carbonyl (C=O) groups is 2. The molecule has 112 valence electrons. The van der Waals surface area contributed by atoms with Crippen molar-refractivity contribution < 1.29 is 72.0 Å². The number of esters is 2. The van der Waals surface area contributed by atoms with Gasteiger partial charge in [-0.05, 0) is 0 Å². The van der Waals surface area contributed by atoms with Gasteiger partial charge in [0.15, 0.2) is 0 Å². The second-order valence-electron chi connectivity index (χ2n) is 3.09. The van der Waals surface area contributed by atoms with Crippen LogP contribution in [0.3, 0.4) is 0 Å². The molecule has 0 N–H and O–H groups in total. The zero-order chi connectivity index (χ0) is 14.5. The minimum Gasteiger partial charge on any atom is -0.691 e. The van der Waals surface area contributed by atoms with Gasteiger partial charge in [0.1, 0.15) is 26.6 Å². The number of ether oxygens (including phenoxy) is 2. The monoisotopic (exact) mass is 326 g/mol. The van der Waals surface area contributed by atoms with Crippen molar-refractivity contribution in [3.05, 3.63) is 0 Å². The van der Waals surface area contributed by atoms with Crippen molar-refractivity contribution in [1.29, 1.82) is 0 Å². The van der Waals surface area contributed by atoms with E-state index in [1.165, 1.54) is 0 Å². The maximum absolute atomic E-state index is 11.9. The van der Waals surface area contributed by atoms with Gasteiger partial charge in [-0.25, -0.2) is 8.78 Å². The molecule has 0 saturated carbocycles. The third kappa shape index (κ3) is 11.8. The maximum atomic E-state index is 11.9. The Hall–Kier alpha value is 0.0300. The third-order valence-electron chi connectivity index (χ3n) is 1.75. The molecule has 0 aliphatic rings. The van der Waals surface area contributed by atoms with E-state index in [-0.39, 0.29) is 35.3 Å². The van der Waals surface area contributed by atoms with Crippen LogP contribution in [0.5, 0.6) is 0 Å². The molecule has 0 aromatic heterocycles. The maximum Gasteiger partial charge on any atom is 1.00 e. The Bertz CT molecular complexity index is 273. The molecular formula is C9H13F2NaO7S. The van der Waals surface area contributed by atoms with Crippen LogP contribution in [0.4, 0.5) is 8.78 Å². The van der Waals surface area contributed by atoms with E-state index in [4.69, 9.17) is 0 Å². The molecule has 7 nitrogen and oxygen atoms in total. The summed E-state index contributed by atoms with van der Waals surface area (Å²) in [5.41, 5.74) is 0. The quantitative estimate of drug-likeness (QED) is 0.0984. The molecule has 0 saturated heterocycles. The molecule has 0 aliphatic carbocycles. The first kappa shape index (κ1) is 22.3. The van der Waals surface area contributed by atoms with Crippen molar-refractivity contribution in [3.8, 4) is 0 Å². The van der Waals surface area contributed by atoms with Crippen LogP contribution in [0.1, 0.15) is 6.42 Å². The van der Waals surface area contributed by atoms with Crippen LogP contribution < -0.4 is 34.8 Å². The number of rotatable bonds is 11. The van der Waals surface area contributed by atoms with Crippen molar-refractivity contribution in [2.45, 2.75) is 6.42 Å². The Kier molecular flexibility index (Phi) is 17.2. The Balaban J connectivity index is 0. The first-order chi connectivity index (χ1) is 9.15. The predicted molar refractivity (Wildman–Crippen MR) is 56.6 cm³/mol. The summed E-state index contributed by atoms with van der Waals surface area (Å²) < 4.78 is 36.5. The molecule has 0 heterocycles. The summed E-state index contributed by atoms with van der Waals surface area (Å²) in [6, 6.07) is 0. The molecule has 0 aromatic carbocycles. The second kappa shape index (κ2) is 15.4. The smallest absolute Gasteiger partial charge is 0.691 e.